The third kappa shape index (κ3) is 5.00. The molecular formula is C29H37NO6. The van der Waals surface area contributed by atoms with Gasteiger partial charge in [-0.25, -0.2) is 4.79 Å². The van der Waals surface area contributed by atoms with Crippen LogP contribution < -0.4 is 5.32 Å². The number of hydrogen-bond acceptors (Lipinski definition) is 6. The van der Waals surface area contributed by atoms with Gasteiger partial charge >= 0.3 is 5.97 Å². The maximum Gasteiger partial charge on any atom is 0.331 e. The minimum Gasteiger partial charge on any atom is -0.508 e. The van der Waals surface area contributed by atoms with Crippen LogP contribution >= 0.6 is 0 Å². The molecule has 1 saturated carbocycles. The quantitative estimate of drug-likeness (QED) is 0.370. The molecule has 7 heteroatoms. The number of phenols is 1. The van der Waals surface area contributed by atoms with E-state index in [4.69, 9.17) is 4.74 Å². The molecule has 3 aliphatic rings. The number of amides is 1. The van der Waals surface area contributed by atoms with Gasteiger partial charge in [-0.2, -0.15) is 0 Å². The Morgan fingerprint density at radius 2 is 1.83 bits per heavy atom. The number of ether oxygens (including phenoxy) is 1. The second kappa shape index (κ2) is 10.6. The van der Waals surface area contributed by atoms with Gasteiger partial charge in [0.15, 0.2) is 0 Å². The van der Waals surface area contributed by atoms with Crippen LogP contribution in [0.25, 0.3) is 0 Å². The maximum absolute atomic E-state index is 13.8. The van der Waals surface area contributed by atoms with Gasteiger partial charge in [0.1, 0.15) is 5.75 Å². The van der Waals surface area contributed by atoms with Crippen molar-refractivity contribution in [3.05, 3.63) is 66.3 Å². The van der Waals surface area contributed by atoms with E-state index in [0.717, 1.165) is 24.8 Å². The highest BCUT2D eigenvalue weighted by Gasteiger charge is 2.67. The number of hydrogen-bond donors (Lipinski definition) is 4. The number of aromatic hydroxyl groups is 1. The van der Waals surface area contributed by atoms with Gasteiger partial charge in [-0.15, -0.1) is 0 Å². The lowest BCUT2D eigenvalue weighted by Crippen LogP contribution is -2.61. The Bertz CT molecular complexity index is 1050. The highest BCUT2D eigenvalue weighted by atomic mass is 16.6. The first-order chi connectivity index (χ1) is 17.1. The normalized spacial score (nSPS) is 39.2. The molecule has 1 aromatic carbocycles. The van der Waals surface area contributed by atoms with Gasteiger partial charge in [0.05, 0.1) is 18.1 Å². The van der Waals surface area contributed by atoms with E-state index in [1.54, 1.807) is 24.3 Å². The van der Waals surface area contributed by atoms with Crippen molar-refractivity contribution in [2.45, 2.75) is 69.8 Å². The third-order valence-corrected chi connectivity index (χ3v) is 8.13. The molecule has 0 unspecified atom stereocenters. The number of esters is 1. The second-order valence-corrected chi connectivity index (χ2v) is 10.7. The number of phenolic OH excluding ortho intramolecular Hbond substituents is 1. The van der Waals surface area contributed by atoms with Crippen LogP contribution in [0.1, 0.15) is 45.1 Å². The van der Waals surface area contributed by atoms with Gasteiger partial charge in [0.2, 0.25) is 5.60 Å². The number of aliphatic hydroxyl groups is 2. The van der Waals surface area contributed by atoms with E-state index in [9.17, 15) is 24.9 Å². The molecule has 0 radical (unpaired) electrons. The summed E-state index contributed by atoms with van der Waals surface area (Å²) in [4.78, 5) is 26.8. The van der Waals surface area contributed by atoms with Gasteiger partial charge in [-0.1, -0.05) is 57.6 Å². The number of rotatable bonds is 2. The van der Waals surface area contributed by atoms with Gasteiger partial charge < -0.3 is 25.4 Å². The molecule has 36 heavy (non-hydrogen) atoms. The Balaban J connectivity index is 1.77. The lowest BCUT2D eigenvalue weighted by Gasteiger charge is -2.49. The Kier molecular flexibility index (Phi) is 7.71. The van der Waals surface area contributed by atoms with Gasteiger partial charge in [-0.05, 0) is 60.4 Å². The van der Waals surface area contributed by atoms with Crippen LogP contribution in [-0.4, -0.2) is 51.0 Å². The first-order valence-electron chi connectivity index (χ1n) is 12.8. The summed E-state index contributed by atoms with van der Waals surface area (Å²) in [5, 5.41) is 34.3. The molecule has 1 aliphatic carbocycles. The zero-order chi connectivity index (χ0) is 26.0. The van der Waals surface area contributed by atoms with Crippen molar-refractivity contribution in [3.63, 3.8) is 0 Å². The fourth-order valence-electron chi connectivity index (χ4n) is 6.11. The SMILES string of the molecule is C=C1[C@@H](C)[C@H]2[C@H](Cc3ccc(O)cc3)NC(=O)[C@]23OC(=O)/C=C\[C@H](O)CCC[C@@H](C)C/C=C\[C@H]3[C@@H]1O. The summed E-state index contributed by atoms with van der Waals surface area (Å²) in [6.07, 6.45) is 8.04. The van der Waals surface area contributed by atoms with Crippen molar-refractivity contribution in [1.82, 2.24) is 5.32 Å². The molecule has 1 amide bonds. The molecule has 1 aromatic rings. The monoisotopic (exact) mass is 495 g/mol. The molecule has 8 atom stereocenters. The van der Waals surface area contributed by atoms with Crippen molar-refractivity contribution < 1.29 is 29.6 Å². The molecule has 4 N–H and O–H groups in total. The number of nitrogens with one attached hydrogen (secondary N) is 1. The summed E-state index contributed by atoms with van der Waals surface area (Å²) >= 11 is 0. The summed E-state index contributed by atoms with van der Waals surface area (Å²) < 4.78 is 6.03. The number of allylic oxidation sites excluding steroid dienone is 1. The Morgan fingerprint density at radius 3 is 2.56 bits per heavy atom. The molecule has 0 aromatic heterocycles. The van der Waals surface area contributed by atoms with Crippen LogP contribution in [0.15, 0.2) is 60.7 Å². The van der Waals surface area contributed by atoms with Crippen LogP contribution in [0.3, 0.4) is 0 Å². The minimum absolute atomic E-state index is 0.154. The number of aliphatic hydroxyl groups excluding tert-OH is 2. The highest BCUT2D eigenvalue weighted by Crippen LogP contribution is 2.52. The molecule has 1 saturated heterocycles. The number of benzene rings is 1. The van der Waals surface area contributed by atoms with Crippen molar-refractivity contribution >= 4 is 11.9 Å². The average Bonchev–Trinajstić information content (AvgIpc) is 3.10. The van der Waals surface area contributed by atoms with E-state index in [1.165, 1.54) is 12.2 Å². The second-order valence-electron chi connectivity index (χ2n) is 10.7. The van der Waals surface area contributed by atoms with E-state index in [2.05, 4.69) is 18.8 Å². The van der Waals surface area contributed by atoms with Crippen molar-refractivity contribution in [2.24, 2.45) is 23.7 Å². The molecule has 2 fully saturated rings. The predicted octanol–water partition coefficient (Wildman–Crippen LogP) is 3.20. The molecule has 7 nitrogen and oxygen atoms in total. The zero-order valence-electron chi connectivity index (χ0n) is 21.0. The lowest BCUT2D eigenvalue weighted by atomic mass is 9.59. The molecule has 194 valence electrons. The Morgan fingerprint density at radius 1 is 1.11 bits per heavy atom. The fraction of sp³-hybridized carbons (Fsp3) is 0.517. The van der Waals surface area contributed by atoms with Crippen LogP contribution in [0.4, 0.5) is 0 Å². The Hall–Kier alpha value is -2.90. The van der Waals surface area contributed by atoms with Crippen molar-refractivity contribution in [3.8, 4) is 5.75 Å². The Labute approximate surface area is 212 Å². The van der Waals surface area contributed by atoms with Crippen LogP contribution in [0.2, 0.25) is 0 Å². The van der Waals surface area contributed by atoms with Crippen molar-refractivity contribution in [1.29, 1.82) is 0 Å². The van der Waals surface area contributed by atoms with E-state index in [0.29, 0.717) is 24.3 Å². The number of carbonyl (C=O) groups is 2. The van der Waals surface area contributed by atoms with Crippen LogP contribution in [-0.2, 0) is 20.7 Å². The minimum atomic E-state index is -1.63. The maximum atomic E-state index is 13.8. The summed E-state index contributed by atoms with van der Waals surface area (Å²) in [6.45, 7) is 8.20. The van der Waals surface area contributed by atoms with Gasteiger partial charge in [0.25, 0.3) is 5.91 Å². The van der Waals surface area contributed by atoms with Gasteiger partial charge in [-0.3, -0.25) is 4.79 Å². The first kappa shape index (κ1) is 26.2. The largest absolute Gasteiger partial charge is 0.508 e. The lowest BCUT2D eigenvalue weighted by molar-refractivity contribution is -0.182. The van der Waals surface area contributed by atoms with Crippen LogP contribution in [0.5, 0.6) is 5.75 Å². The molecular weight excluding hydrogens is 458 g/mol. The summed E-state index contributed by atoms with van der Waals surface area (Å²) in [5.74, 6) is -2.24. The van der Waals surface area contributed by atoms with E-state index < -0.39 is 41.5 Å². The summed E-state index contributed by atoms with van der Waals surface area (Å²) in [6, 6.07) is 6.41. The first-order valence-corrected chi connectivity index (χ1v) is 12.8. The topological polar surface area (TPSA) is 116 Å². The smallest absolute Gasteiger partial charge is 0.331 e. The standard InChI is InChI=1S/C29H37NO6/c1-17-6-4-8-21(31)14-15-25(33)36-29-23(9-5-7-17)27(34)19(3)18(2)26(29)24(30-28(29)35)16-20-10-12-22(32)13-11-20/h5,9-15,17-18,21,23-24,26-27,31-32,34H,3-4,6-8,16H2,1-2H3,(H,30,35)/b9-5-,15-14-/t17-,18-,21-,23+,24+,26+,27-,29-/m1/s1. The fourth-order valence-corrected chi connectivity index (χ4v) is 6.11. The summed E-state index contributed by atoms with van der Waals surface area (Å²) in [5.41, 5.74) is -0.110. The van der Waals surface area contributed by atoms with Crippen LogP contribution in [0, 0.1) is 23.7 Å². The van der Waals surface area contributed by atoms with Crippen molar-refractivity contribution in [2.75, 3.05) is 0 Å². The zero-order valence-corrected chi connectivity index (χ0v) is 21.0. The van der Waals surface area contributed by atoms with Gasteiger partial charge in [0, 0.05) is 18.0 Å². The molecule has 4 rings (SSSR count). The number of carbonyl (C=O) groups excluding carboxylic acids is 2. The predicted molar refractivity (Wildman–Crippen MR) is 136 cm³/mol. The summed E-state index contributed by atoms with van der Waals surface area (Å²) in [7, 11) is 0. The van der Waals surface area contributed by atoms with E-state index >= 15 is 0 Å². The third-order valence-electron chi connectivity index (χ3n) is 8.13. The van der Waals surface area contributed by atoms with E-state index in [-0.39, 0.29) is 17.7 Å². The highest BCUT2D eigenvalue weighted by molar-refractivity contribution is 5.94. The molecule has 2 aliphatic heterocycles. The molecule has 1 spiro atoms. The molecule has 0 bridgehead atoms. The average molecular weight is 496 g/mol. The molecule has 2 heterocycles. The van der Waals surface area contributed by atoms with E-state index in [1.807, 2.05) is 19.1 Å².